The van der Waals surface area contributed by atoms with Crippen LogP contribution in [0.5, 0.6) is 5.75 Å². The summed E-state index contributed by atoms with van der Waals surface area (Å²) < 4.78 is 20.9. The summed E-state index contributed by atoms with van der Waals surface area (Å²) in [5.41, 5.74) is 4.70. The smallest absolute Gasteiger partial charge is 0.152 e. The third-order valence-electron chi connectivity index (χ3n) is 5.56. The highest BCUT2D eigenvalue weighted by Crippen LogP contribution is 2.38. The number of nitrogens with one attached hydrogen (secondary N) is 2. The van der Waals surface area contributed by atoms with Crippen molar-refractivity contribution in [2.24, 2.45) is 0 Å². The van der Waals surface area contributed by atoms with Crippen molar-refractivity contribution in [3.8, 4) is 5.75 Å². The number of halogens is 1. The number of nitrogens with zero attached hydrogens (tertiary/aromatic N) is 2. The number of pyridine rings is 1. The Balaban J connectivity index is 1.36. The van der Waals surface area contributed by atoms with E-state index in [-0.39, 0.29) is 12.4 Å². The molecular weight excluding hydrogens is 395 g/mol. The van der Waals surface area contributed by atoms with Crippen LogP contribution in [-0.2, 0) is 13.0 Å². The number of aromatic nitrogens is 2. The summed E-state index contributed by atoms with van der Waals surface area (Å²) in [7, 11) is 0. The normalized spacial score (nSPS) is 13.2. The number of aliphatic hydroxyl groups is 1. The Morgan fingerprint density at radius 3 is 2.97 bits per heavy atom. The van der Waals surface area contributed by atoms with E-state index in [2.05, 4.69) is 32.3 Å². The summed E-state index contributed by atoms with van der Waals surface area (Å²) in [5.74, 6) is 0.208. The lowest BCUT2D eigenvalue weighted by molar-refractivity contribution is 0.277. The highest BCUT2D eigenvalue weighted by atomic mass is 19.1. The molecule has 7 heteroatoms. The molecule has 158 valence electrons. The zero-order valence-corrected chi connectivity index (χ0v) is 16.9. The van der Waals surface area contributed by atoms with Crippen molar-refractivity contribution < 1.29 is 14.2 Å². The quantitative estimate of drug-likeness (QED) is 0.433. The molecule has 0 saturated carbocycles. The molecule has 3 heterocycles. The number of hydrogen-bond donors (Lipinski definition) is 3. The summed E-state index contributed by atoms with van der Waals surface area (Å²) >= 11 is 0. The molecule has 1 aliphatic rings. The maximum absolute atomic E-state index is 15.1. The third-order valence-corrected chi connectivity index (χ3v) is 5.56. The van der Waals surface area contributed by atoms with Crippen molar-refractivity contribution in [3.63, 3.8) is 0 Å². The molecule has 0 aliphatic carbocycles. The number of anilines is 3. The molecule has 0 amide bonds. The fourth-order valence-electron chi connectivity index (χ4n) is 4.07. The van der Waals surface area contributed by atoms with Gasteiger partial charge in [0.25, 0.3) is 0 Å². The first-order valence-corrected chi connectivity index (χ1v) is 10.3. The lowest BCUT2D eigenvalue weighted by atomic mass is 10.1. The minimum Gasteiger partial charge on any atom is -0.489 e. The molecule has 2 aromatic heterocycles. The Kier molecular flexibility index (Phi) is 5.18. The summed E-state index contributed by atoms with van der Waals surface area (Å²) in [6.45, 7) is 1.70. The third kappa shape index (κ3) is 3.92. The fourth-order valence-corrected chi connectivity index (χ4v) is 4.07. The van der Waals surface area contributed by atoms with Crippen LogP contribution in [0.4, 0.5) is 21.5 Å². The average Bonchev–Trinajstić information content (AvgIpc) is 3.21. The van der Waals surface area contributed by atoms with E-state index < -0.39 is 0 Å². The van der Waals surface area contributed by atoms with Crippen molar-refractivity contribution in [2.75, 3.05) is 29.9 Å². The number of aromatic amines is 1. The van der Waals surface area contributed by atoms with Gasteiger partial charge in [0.2, 0.25) is 0 Å². The Hall–Kier alpha value is -3.58. The van der Waals surface area contributed by atoms with Gasteiger partial charge in [0.15, 0.2) is 5.82 Å². The molecule has 0 atom stereocenters. The van der Waals surface area contributed by atoms with E-state index in [0.29, 0.717) is 42.5 Å². The van der Waals surface area contributed by atoms with Gasteiger partial charge in [0, 0.05) is 47.3 Å². The number of hydrogen-bond acceptors (Lipinski definition) is 5. The zero-order chi connectivity index (χ0) is 21.2. The van der Waals surface area contributed by atoms with Gasteiger partial charge in [-0.1, -0.05) is 18.2 Å². The lowest BCUT2D eigenvalue weighted by Crippen LogP contribution is -2.35. The first kappa shape index (κ1) is 19.4. The molecular formula is C24H23FN4O2. The average molecular weight is 418 g/mol. The standard InChI is InChI=1S/C24H23FN4O2/c25-21-12-18(28-17-5-7-26-19(11-17)15-30)13-23-24(21)29(9-10-31-23)8-6-16-14-27-22-4-2-1-3-20(16)22/h1-5,7,11-14,27,30H,6,8-10,15H2,(H,26,28). The number of para-hydroxylation sites is 1. The van der Waals surface area contributed by atoms with E-state index in [1.54, 1.807) is 18.3 Å². The Morgan fingerprint density at radius 1 is 1.16 bits per heavy atom. The first-order chi connectivity index (χ1) is 15.2. The number of fused-ring (bicyclic) bond motifs is 2. The molecule has 6 nitrogen and oxygen atoms in total. The highest BCUT2D eigenvalue weighted by molar-refractivity contribution is 5.83. The van der Waals surface area contributed by atoms with E-state index in [0.717, 1.165) is 17.6 Å². The van der Waals surface area contributed by atoms with Gasteiger partial charge in [-0.2, -0.15) is 0 Å². The van der Waals surface area contributed by atoms with Crippen LogP contribution in [0, 0.1) is 5.82 Å². The zero-order valence-electron chi connectivity index (χ0n) is 16.9. The van der Waals surface area contributed by atoms with Gasteiger partial charge < -0.3 is 25.0 Å². The number of benzene rings is 2. The minimum atomic E-state index is -0.324. The molecule has 0 spiro atoms. The Morgan fingerprint density at radius 2 is 2.06 bits per heavy atom. The molecule has 4 aromatic rings. The van der Waals surface area contributed by atoms with Gasteiger partial charge >= 0.3 is 0 Å². The predicted octanol–water partition coefficient (Wildman–Crippen LogP) is 4.38. The second-order valence-electron chi connectivity index (χ2n) is 7.57. The van der Waals surface area contributed by atoms with Crippen molar-refractivity contribution in [1.82, 2.24) is 9.97 Å². The maximum atomic E-state index is 15.1. The number of aliphatic hydroxyl groups excluding tert-OH is 1. The van der Waals surface area contributed by atoms with Crippen molar-refractivity contribution in [3.05, 3.63) is 78.0 Å². The van der Waals surface area contributed by atoms with E-state index in [1.807, 2.05) is 24.4 Å². The number of H-pyrrole nitrogens is 1. The summed E-state index contributed by atoms with van der Waals surface area (Å²) in [6, 6.07) is 15.0. The molecule has 0 saturated heterocycles. The number of ether oxygens (including phenoxy) is 1. The van der Waals surface area contributed by atoms with Crippen molar-refractivity contribution in [1.29, 1.82) is 0 Å². The SMILES string of the molecule is OCc1cc(Nc2cc(F)c3c(c2)OCCN3CCc2c[nH]c3ccccc23)ccn1. The van der Waals surface area contributed by atoms with Crippen LogP contribution < -0.4 is 15.0 Å². The highest BCUT2D eigenvalue weighted by Gasteiger charge is 2.23. The first-order valence-electron chi connectivity index (χ1n) is 10.3. The molecule has 0 bridgehead atoms. The van der Waals surface area contributed by atoms with Crippen LogP contribution in [0.3, 0.4) is 0 Å². The van der Waals surface area contributed by atoms with E-state index in [1.165, 1.54) is 17.0 Å². The van der Waals surface area contributed by atoms with Crippen LogP contribution >= 0.6 is 0 Å². The monoisotopic (exact) mass is 418 g/mol. The minimum absolute atomic E-state index is 0.150. The molecule has 0 radical (unpaired) electrons. The van der Waals surface area contributed by atoms with Crippen LogP contribution in [0.2, 0.25) is 0 Å². The van der Waals surface area contributed by atoms with E-state index in [4.69, 9.17) is 4.74 Å². The van der Waals surface area contributed by atoms with Crippen LogP contribution in [-0.4, -0.2) is 34.8 Å². The van der Waals surface area contributed by atoms with E-state index >= 15 is 4.39 Å². The van der Waals surface area contributed by atoms with Gasteiger partial charge in [0.1, 0.15) is 18.0 Å². The predicted molar refractivity (Wildman–Crippen MR) is 120 cm³/mol. The molecule has 0 unspecified atom stereocenters. The maximum Gasteiger partial charge on any atom is 0.152 e. The fraction of sp³-hybridized carbons (Fsp3) is 0.208. The largest absolute Gasteiger partial charge is 0.489 e. The lowest BCUT2D eigenvalue weighted by Gasteiger charge is -2.32. The Labute approximate surface area is 179 Å². The van der Waals surface area contributed by atoms with Gasteiger partial charge in [-0.15, -0.1) is 0 Å². The summed E-state index contributed by atoms with van der Waals surface area (Å²) in [6.07, 6.45) is 4.44. The second-order valence-corrected chi connectivity index (χ2v) is 7.57. The van der Waals surface area contributed by atoms with Gasteiger partial charge in [-0.25, -0.2) is 4.39 Å². The molecule has 0 fully saturated rings. The summed E-state index contributed by atoms with van der Waals surface area (Å²) in [5, 5.41) is 13.6. The van der Waals surface area contributed by atoms with Crippen LogP contribution in [0.1, 0.15) is 11.3 Å². The van der Waals surface area contributed by atoms with Crippen molar-refractivity contribution in [2.45, 2.75) is 13.0 Å². The molecule has 3 N–H and O–H groups in total. The Bertz CT molecular complexity index is 1220. The van der Waals surface area contributed by atoms with Crippen LogP contribution in [0.25, 0.3) is 10.9 Å². The van der Waals surface area contributed by atoms with Gasteiger partial charge in [0.05, 0.1) is 18.8 Å². The van der Waals surface area contributed by atoms with Crippen LogP contribution in [0.15, 0.2) is 60.9 Å². The number of rotatable bonds is 6. The molecule has 5 rings (SSSR count). The topological polar surface area (TPSA) is 73.4 Å². The second kappa shape index (κ2) is 8.28. The molecule has 31 heavy (non-hydrogen) atoms. The summed E-state index contributed by atoms with van der Waals surface area (Å²) in [4.78, 5) is 9.41. The molecule has 1 aliphatic heterocycles. The van der Waals surface area contributed by atoms with Gasteiger partial charge in [-0.05, 0) is 36.2 Å². The van der Waals surface area contributed by atoms with E-state index in [9.17, 15) is 5.11 Å². The van der Waals surface area contributed by atoms with Crippen molar-refractivity contribution >= 4 is 28.0 Å². The van der Waals surface area contributed by atoms with Gasteiger partial charge in [-0.3, -0.25) is 4.98 Å². The molecule has 2 aromatic carbocycles.